The summed E-state index contributed by atoms with van der Waals surface area (Å²) in [6.45, 7) is 6.76. The zero-order chi connectivity index (χ0) is 20.1. The first kappa shape index (κ1) is 19.0. The van der Waals surface area contributed by atoms with Crippen LogP contribution in [-0.4, -0.2) is 54.2 Å². The molecular formula is C23H23ClFN3O. The van der Waals surface area contributed by atoms with Crippen LogP contribution >= 0.6 is 11.6 Å². The third-order valence-electron chi connectivity index (χ3n) is 6.55. The van der Waals surface area contributed by atoms with Gasteiger partial charge in [-0.1, -0.05) is 29.3 Å². The van der Waals surface area contributed by atoms with Gasteiger partial charge in [-0.15, -0.1) is 0 Å². The van der Waals surface area contributed by atoms with Crippen LogP contribution in [0.3, 0.4) is 0 Å². The van der Waals surface area contributed by atoms with Crippen molar-refractivity contribution in [2.45, 2.75) is 38.0 Å². The zero-order valence-corrected chi connectivity index (χ0v) is 17.1. The molecule has 6 heteroatoms. The number of hydrogen-bond donors (Lipinski definition) is 0. The largest absolute Gasteiger partial charge is 0.378 e. The molecule has 0 N–H and O–H groups in total. The summed E-state index contributed by atoms with van der Waals surface area (Å²) < 4.78 is 19.5. The predicted octanol–water partition coefficient (Wildman–Crippen LogP) is 3.98. The van der Waals surface area contributed by atoms with Gasteiger partial charge >= 0.3 is 0 Å². The smallest absolute Gasteiger partial charge is 0.141 e. The molecule has 29 heavy (non-hydrogen) atoms. The van der Waals surface area contributed by atoms with Crippen molar-refractivity contribution in [3.63, 3.8) is 0 Å². The third-order valence-corrected chi connectivity index (χ3v) is 7.00. The second-order valence-corrected chi connectivity index (χ2v) is 8.83. The summed E-state index contributed by atoms with van der Waals surface area (Å²) in [5, 5.41) is 9.65. The molecule has 3 heterocycles. The fourth-order valence-electron chi connectivity index (χ4n) is 5.00. The SMILES string of the molecule is Cc1cc(CN2C[C@@H]3C[C@H]2CN3C2COC2)c(Cl)c(-c2ccc(C#N)c(F)c2)c1. The molecule has 4 nitrogen and oxygen atoms in total. The van der Waals surface area contributed by atoms with Crippen LogP contribution in [-0.2, 0) is 11.3 Å². The quantitative estimate of drug-likeness (QED) is 0.762. The molecule has 0 unspecified atom stereocenters. The molecule has 2 atom stereocenters. The van der Waals surface area contributed by atoms with Crippen molar-refractivity contribution < 1.29 is 9.13 Å². The average Bonchev–Trinajstić information content (AvgIpc) is 3.23. The standard InChI is InChI=1S/C23H23ClFN3O/c1-14-4-17(9-27-10-19-7-18(27)11-28(19)20-12-29-13-20)23(24)21(5-14)15-2-3-16(8-26)22(25)6-15/h2-6,18-20H,7,9-13H2,1H3/t18-,19-/m0/s1. The maximum absolute atomic E-state index is 14.1. The number of halogens is 2. The lowest BCUT2D eigenvalue weighted by atomic mass is 9.98. The summed E-state index contributed by atoms with van der Waals surface area (Å²) >= 11 is 6.79. The molecule has 3 aliphatic heterocycles. The van der Waals surface area contributed by atoms with Crippen molar-refractivity contribution in [2.24, 2.45) is 0 Å². The Morgan fingerprint density at radius 3 is 2.62 bits per heavy atom. The van der Waals surface area contributed by atoms with Gasteiger partial charge in [0.15, 0.2) is 0 Å². The van der Waals surface area contributed by atoms with Crippen LogP contribution < -0.4 is 0 Å². The molecule has 3 fully saturated rings. The van der Waals surface area contributed by atoms with Crippen molar-refractivity contribution in [1.29, 1.82) is 5.26 Å². The zero-order valence-electron chi connectivity index (χ0n) is 16.4. The Balaban J connectivity index is 1.38. The van der Waals surface area contributed by atoms with Gasteiger partial charge in [0.25, 0.3) is 0 Å². The van der Waals surface area contributed by atoms with Crippen molar-refractivity contribution in [3.05, 3.63) is 57.9 Å². The molecule has 0 saturated carbocycles. The van der Waals surface area contributed by atoms with Gasteiger partial charge in [-0.3, -0.25) is 9.80 Å². The number of benzene rings is 2. The van der Waals surface area contributed by atoms with E-state index in [4.69, 9.17) is 21.6 Å². The first-order valence-electron chi connectivity index (χ1n) is 10.1. The van der Waals surface area contributed by atoms with Crippen LogP contribution in [0.4, 0.5) is 4.39 Å². The number of piperazine rings is 1. The van der Waals surface area contributed by atoms with E-state index in [2.05, 4.69) is 15.9 Å². The van der Waals surface area contributed by atoms with E-state index < -0.39 is 5.82 Å². The maximum atomic E-state index is 14.1. The highest BCUT2D eigenvalue weighted by molar-refractivity contribution is 6.34. The van der Waals surface area contributed by atoms with Crippen molar-refractivity contribution in [1.82, 2.24) is 9.80 Å². The van der Waals surface area contributed by atoms with Crippen LogP contribution in [0.2, 0.25) is 5.02 Å². The Bertz CT molecular complexity index is 1000. The lowest BCUT2D eigenvalue weighted by Crippen LogP contribution is -2.56. The van der Waals surface area contributed by atoms with E-state index in [9.17, 15) is 4.39 Å². The van der Waals surface area contributed by atoms with Gasteiger partial charge in [0, 0.05) is 37.3 Å². The van der Waals surface area contributed by atoms with Crippen molar-refractivity contribution >= 4 is 11.6 Å². The monoisotopic (exact) mass is 411 g/mol. The molecule has 0 amide bonds. The number of hydrogen-bond acceptors (Lipinski definition) is 4. The van der Waals surface area contributed by atoms with Crippen molar-refractivity contribution in [3.8, 4) is 17.2 Å². The molecule has 0 radical (unpaired) electrons. The van der Waals surface area contributed by atoms with Crippen molar-refractivity contribution in [2.75, 3.05) is 26.3 Å². The first-order chi connectivity index (χ1) is 14.0. The topological polar surface area (TPSA) is 39.5 Å². The molecule has 0 spiro atoms. The molecule has 2 aromatic carbocycles. The van der Waals surface area contributed by atoms with E-state index in [1.807, 2.05) is 19.1 Å². The normalized spacial score (nSPS) is 24.6. The van der Waals surface area contributed by atoms with E-state index in [1.165, 1.54) is 18.6 Å². The summed E-state index contributed by atoms with van der Waals surface area (Å²) in [5.41, 5.74) is 3.75. The molecule has 2 bridgehead atoms. The van der Waals surface area contributed by atoms with E-state index in [1.54, 1.807) is 6.07 Å². The number of nitrogens with zero attached hydrogens (tertiary/aromatic N) is 3. The maximum Gasteiger partial charge on any atom is 0.141 e. The van der Waals surface area contributed by atoms with Crippen LogP contribution in [0.25, 0.3) is 11.1 Å². The Kier molecular flexibility index (Phi) is 4.84. The van der Waals surface area contributed by atoms with E-state index in [0.717, 1.165) is 49.5 Å². The summed E-state index contributed by atoms with van der Waals surface area (Å²) in [6, 6.07) is 12.5. The van der Waals surface area contributed by atoms with Gasteiger partial charge in [0.1, 0.15) is 11.9 Å². The lowest BCUT2D eigenvalue weighted by Gasteiger charge is -2.42. The molecule has 150 valence electrons. The Morgan fingerprint density at radius 2 is 2.00 bits per heavy atom. The molecule has 0 aromatic heterocycles. The van der Waals surface area contributed by atoms with E-state index in [0.29, 0.717) is 28.7 Å². The van der Waals surface area contributed by atoms with Gasteiger partial charge in [-0.05, 0) is 42.7 Å². The van der Waals surface area contributed by atoms with Crippen LogP contribution in [0, 0.1) is 24.1 Å². The van der Waals surface area contributed by atoms with Gasteiger partial charge in [-0.25, -0.2) is 4.39 Å². The Labute approximate surface area is 175 Å². The van der Waals surface area contributed by atoms with Gasteiger partial charge < -0.3 is 4.74 Å². The summed E-state index contributed by atoms with van der Waals surface area (Å²) in [6.07, 6.45) is 1.22. The van der Waals surface area contributed by atoms with Gasteiger partial charge in [0.05, 0.1) is 29.8 Å². The number of rotatable bonds is 4. The number of likely N-dealkylation sites (tertiary alicyclic amines) is 2. The highest BCUT2D eigenvalue weighted by Gasteiger charge is 2.46. The summed E-state index contributed by atoms with van der Waals surface area (Å²) in [7, 11) is 0. The Morgan fingerprint density at radius 1 is 1.17 bits per heavy atom. The highest BCUT2D eigenvalue weighted by atomic mass is 35.5. The first-order valence-corrected chi connectivity index (χ1v) is 10.5. The minimum absolute atomic E-state index is 0.0484. The van der Waals surface area contributed by atoms with E-state index in [-0.39, 0.29) is 5.56 Å². The lowest BCUT2D eigenvalue weighted by molar-refractivity contribution is -0.0804. The Hall–Kier alpha value is -1.97. The van der Waals surface area contributed by atoms with E-state index >= 15 is 0 Å². The number of ether oxygens (including phenoxy) is 1. The molecule has 3 aliphatic rings. The molecule has 5 rings (SSSR count). The molecule has 2 aromatic rings. The molecule has 3 saturated heterocycles. The molecule has 0 aliphatic carbocycles. The average molecular weight is 412 g/mol. The fraction of sp³-hybridized carbons (Fsp3) is 0.435. The number of aryl methyl sites for hydroxylation is 1. The summed E-state index contributed by atoms with van der Waals surface area (Å²) in [4.78, 5) is 5.15. The number of fused-ring (bicyclic) bond motifs is 2. The molecular weight excluding hydrogens is 389 g/mol. The minimum atomic E-state index is -0.513. The second-order valence-electron chi connectivity index (χ2n) is 8.45. The second kappa shape index (κ2) is 7.37. The van der Waals surface area contributed by atoms with Gasteiger partial charge in [0.2, 0.25) is 0 Å². The summed E-state index contributed by atoms with van der Waals surface area (Å²) in [5.74, 6) is -0.513. The predicted molar refractivity (Wildman–Crippen MR) is 110 cm³/mol. The number of nitriles is 1. The van der Waals surface area contributed by atoms with Crippen LogP contribution in [0.15, 0.2) is 30.3 Å². The van der Waals surface area contributed by atoms with Crippen LogP contribution in [0.5, 0.6) is 0 Å². The van der Waals surface area contributed by atoms with Crippen LogP contribution in [0.1, 0.15) is 23.1 Å². The fourth-order valence-corrected chi connectivity index (χ4v) is 5.27. The third kappa shape index (κ3) is 3.35. The van der Waals surface area contributed by atoms with Gasteiger partial charge in [-0.2, -0.15) is 5.26 Å². The minimum Gasteiger partial charge on any atom is -0.378 e. The highest BCUT2D eigenvalue weighted by Crippen LogP contribution is 2.38.